The second-order valence-electron chi connectivity index (χ2n) is 10.6. The number of carbonyl (C=O) groups is 3. The van der Waals surface area contributed by atoms with E-state index in [-0.39, 0.29) is 17.7 Å². The molecule has 37 heavy (non-hydrogen) atoms. The van der Waals surface area contributed by atoms with Gasteiger partial charge in [0.15, 0.2) is 0 Å². The Kier molecular flexibility index (Phi) is 8.02. The second-order valence-corrected chi connectivity index (χ2v) is 11.0. The van der Waals surface area contributed by atoms with Crippen molar-refractivity contribution in [1.29, 1.82) is 0 Å². The summed E-state index contributed by atoms with van der Waals surface area (Å²) < 4.78 is 0. The van der Waals surface area contributed by atoms with E-state index in [1.54, 1.807) is 19.2 Å². The second kappa shape index (κ2) is 11.1. The molecule has 2 aliphatic rings. The van der Waals surface area contributed by atoms with Crippen LogP contribution < -0.4 is 16.0 Å². The van der Waals surface area contributed by atoms with Crippen molar-refractivity contribution < 1.29 is 14.4 Å². The Balaban J connectivity index is 1.75. The number of hydrogen-bond donors (Lipinski definition) is 2. The van der Waals surface area contributed by atoms with Crippen LogP contribution in [0.25, 0.3) is 0 Å². The van der Waals surface area contributed by atoms with Crippen molar-refractivity contribution in [3.05, 3.63) is 64.7 Å². The van der Waals surface area contributed by atoms with Crippen LogP contribution >= 0.6 is 11.6 Å². The van der Waals surface area contributed by atoms with Gasteiger partial charge in [0.25, 0.3) is 5.91 Å². The summed E-state index contributed by atoms with van der Waals surface area (Å²) in [7, 11) is 1.68. The van der Waals surface area contributed by atoms with Gasteiger partial charge < -0.3 is 16.0 Å². The number of aliphatic imine (C=N–C) groups is 1. The molecule has 0 bridgehead atoms. The van der Waals surface area contributed by atoms with Gasteiger partial charge in [0, 0.05) is 23.2 Å². The van der Waals surface area contributed by atoms with Crippen LogP contribution in [-0.2, 0) is 14.4 Å². The smallest absolute Gasteiger partial charge is 0.272 e. The number of amides is 3. The Morgan fingerprint density at radius 1 is 1.11 bits per heavy atom. The van der Waals surface area contributed by atoms with Gasteiger partial charge in [0.05, 0.1) is 22.7 Å². The largest absolute Gasteiger partial charge is 0.369 e. The van der Waals surface area contributed by atoms with Crippen LogP contribution in [0.3, 0.4) is 0 Å². The van der Waals surface area contributed by atoms with Gasteiger partial charge >= 0.3 is 0 Å². The fraction of sp³-hybridized carbons (Fsp3) is 0.448. The number of carbonyl (C=O) groups excluding carboxylic acids is 3. The molecule has 2 atom stereocenters. The number of benzodiazepines with no additional fused rings is 1. The van der Waals surface area contributed by atoms with E-state index in [0.29, 0.717) is 35.7 Å². The molecule has 0 saturated heterocycles. The zero-order valence-corrected chi connectivity index (χ0v) is 22.4. The van der Waals surface area contributed by atoms with E-state index in [1.165, 1.54) is 4.90 Å². The minimum atomic E-state index is -1.15. The molecule has 0 radical (unpaired) electrons. The molecule has 1 fully saturated rings. The third-order valence-corrected chi connectivity index (χ3v) is 7.92. The average Bonchev–Trinajstić information content (AvgIpc) is 2.98. The number of primary amides is 1. The van der Waals surface area contributed by atoms with Gasteiger partial charge in [0.1, 0.15) is 0 Å². The lowest BCUT2D eigenvalue weighted by Gasteiger charge is -2.41. The molecule has 1 saturated carbocycles. The van der Waals surface area contributed by atoms with Gasteiger partial charge in [-0.3, -0.25) is 14.4 Å². The maximum atomic E-state index is 13.9. The van der Waals surface area contributed by atoms with E-state index in [1.807, 2.05) is 50.2 Å². The number of halogens is 1. The van der Waals surface area contributed by atoms with Gasteiger partial charge in [-0.25, -0.2) is 4.99 Å². The van der Waals surface area contributed by atoms with Crippen LogP contribution in [0.5, 0.6) is 0 Å². The van der Waals surface area contributed by atoms with Crippen LogP contribution in [0, 0.1) is 17.3 Å². The lowest BCUT2D eigenvalue weighted by molar-refractivity contribution is -0.144. The topological polar surface area (TPSA) is 105 Å². The van der Waals surface area contributed by atoms with E-state index in [9.17, 15) is 14.4 Å². The van der Waals surface area contributed by atoms with E-state index in [0.717, 1.165) is 30.4 Å². The van der Waals surface area contributed by atoms with Crippen molar-refractivity contribution in [2.45, 2.75) is 58.5 Å². The van der Waals surface area contributed by atoms with Gasteiger partial charge in [-0.05, 0) is 43.4 Å². The summed E-state index contributed by atoms with van der Waals surface area (Å²) in [6, 6.07) is 14.7. The minimum Gasteiger partial charge on any atom is -0.369 e. The van der Waals surface area contributed by atoms with Crippen molar-refractivity contribution in [3.8, 4) is 0 Å². The molecule has 1 unspecified atom stereocenters. The van der Waals surface area contributed by atoms with Crippen LogP contribution in [0.2, 0.25) is 5.02 Å². The molecule has 196 valence electrons. The van der Waals surface area contributed by atoms with Gasteiger partial charge in [0.2, 0.25) is 18.0 Å². The SMILES string of the molecule is CC(C)C[C@@H](C(=O)NC1N=C(c2ccc(Cl)cc2)c2ccccc2N(C)C1=O)C1(C(N)=O)CCCCC1. The molecule has 4 rings (SSSR count). The lowest BCUT2D eigenvalue weighted by Crippen LogP contribution is -2.54. The third-order valence-electron chi connectivity index (χ3n) is 7.67. The summed E-state index contributed by atoms with van der Waals surface area (Å²) >= 11 is 6.12. The lowest BCUT2D eigenvalue weighted by atomic mass is 9.63. The van der Waals surface area contributed by atoms with Gasteiger partial charge in [-0.15, -0.1) is 0 Å². The fourth-order valence-corrected chi connectivity index (χ4v) is 5.82. The molecule has 0 spiro atoms. The first-order valence-electron chi connectivity index (χ1n) is 12.9. The molecule has 3 amide bonds. The number of para-hydroxylation sites is 1. The molecule has 2 aromatic carbocycles. The predicted molar refractivity (Wildman–Crippen MR) is 147 cm³/mol. The van der Waals surface area contributed by atoms with Crippen LogP contribution in [0.1, 0.15) is 63.5 Å². The first-order chi connectivity index (χ1) is 17.6. The molecule has 0 aromatic heterocycles. The summed E-state index contributed by atoms with van der Waals surface area (Å²) in [5.74, 6) is -1.62. The van der Waals surface area contributed by atoms with E-state index in [2.05, 4.69) is 5.32 Å². The van der Waals surface area contributed by atoms with E-state index in [4.69, 9.17) is 22.3 Å². The molecular weight excluding hydrogens is 488 g/mol. The minimum absolute atomic E-state index is 0.166. The fourth-order valence-electron chi connectivity index (χ4n) is 5.69. The number of nitrogens with two attached hydrogens (primary N) is 1. The maximum Gasteiger partial charge on any atom is 0.272 e. The number of benzene rings is 2. The molecule has 7 nitrogen and oxygen atoms in total. The van der Waals surface area contributed by atoms with Crippen molar-refractivity contribution in [2.75, 3.05) is 11.9 Å². The highest BCUT2D eigenvalue weighted by atomic mass is 35.5. The Morgan fingerprint density at radius 2 is 1.76 bits per heavy atom. The van der Waals surface area contributed by atoms with Crippen molar-refractivity contribution in [2.24, 2.45) is 28.0 Å². The number of anilines is 1. The summed E-state index contributed by atoms with van der Waals surface area (Å²) in [6.45, 7) is 4.05. The van der Waals surface area contributed by atoms with Crippen LogP contribution in [-0.4, -0.2) is 36.6 Å². The summed E-state index contributed by atoms with van der Waals surface area (Å²) in [6.07, 6.45) is 3.23. The Morgan fingerprint density at radius 3 is 2.38 bits per heavy atom. The van der Waals surface area contributed by atoms with Crippen molar-refractivity contribution >= 4 is 40.7 Å². The highest BCUT2D eigenvalue weighted by Gasteiger charge is 2.49. The Hall–Kier alpha value is -3.19. The zero-order chi connectivity index (χ0) is 26.7. The first-order valence-corrected chi connectivity index (χ1v) is 13.3. The number of rotatable bonds is 7. The predicted octanol–water partition coefficient (Wildman–Crippen LogP) is 4.69. The summed E-state index contributed by atoms with van der Waals surface area (Å²) in [5, 5.41) is 3.50. The monoisotopic (exact) mass is 522 g/mol. The van der Waals surface area contributed by atoms with Crippen LogP contribution in [0.4, 0.5) is 5.69 Å². The molecule has 1 aliphatic heterocycles. The van der Waals surface area contributed by atoms with E-state index >= 15 is 0 Å². The summed E-state index contributed by atoms with van der Waals surface area (Å²) in [5.41, 5.74) is 7.87. The van der Waals surface area contributed by atoms with Crippen molar-refractivity contribution in [3.63, 3.8) is 0 Å². The standard InChI is InChI=1S/C29H35ClN4O3/c1-18(2)17-22(29(28(31)37)15-7-4-8-16-29)26(35)33-25-27(36)34(3)23-10-6-5-9-21(23)24(32-25)19-11-13-20(30)14-12-19/h5-6,9-14,18,22,25H,4,7-8,15-17H2,1-3H3,(H2,31,37)(H,33,35)/t22-,25?/m0/s1. The first kappa shape index (κ1) is 26.9. The number of fused-ring (bicyclic) bond motifs is 1. The number of nitrogens with one attached hydrogen (secondary N) is 1. The molecule has 1 heterocycles. The Bertz CT molecular complexity index is 1200. The highest BCUT2D eigenvalue weighted by Crippen LogP contribution is 2.45. The van der Waals surface area contributed by atoms with Gasteiger partial charge in [-0.1, -0.05) is 75.0 Å². The maximum absolute atomic E-state index is 13.9. The van der Waals surface area contributed by atoms with Crippen molar-refractivity contribution in [1.82, 2.24) is 5.32 Å². The van der Waals surface area contributed by atoms with E-state index < -0.39 is 23.4 Å². The molecular formula is C29H35ClN4O3. The number of nitrogens with zero attached hydrogens (tertiary/aromatic N) is 2. The zero-order valence-electron chi connectivity index (χ0n) is 21.7. The molecule has 2 aromatic rings. The third kappa shape index (κ3) is 5.42. The molecule has 8 heteroatoms. The number of likely N-dealkylation sites (N-methyl/N-ethyl adjacent to an activating group) is 1. The summed E-state index contributed by atoms with van der Waals surface area (Å²) in [4.78, 5) is 46.6. The quantitative estimate of drug-likeness (QED) is 0.550. The normalized spacial score (nSPS) is 20.0. The van der Waals surface area contributed by atoms with Crippen LogP contribution in [0.15, 0.2) is 53.5 Å². The van der Waals surface area contributed by atoms with Gasteiger partial charge in [-0.2, -0.15) is 0 Å². The average molecular weight is 523 g/mol. The number of hydrogen-bond acceptors (Lipinski definition) is 4. The highest BCUT2D eigenvalue weighted by molar-refractivity contribution is 6.30. The molecule has 1 aliphatic carbocycles. The Labute approximate surface area is 223 Å². The molecule has 3 N–H and O–H groups in total.